The van der Waals surface area contributed by atoms with Gasteiger partial charge in [-0.2, -0.15) is 13.1 Å². The first-order valence-corrected chi connectivity index (χ1v) is 5.95. The fourth-order valence-corrected chi connectivity index (χ4v) is 2.31. The van der Waals surface area contributed by atoms with Crippen LogP contribution in [0, 0.1) is 5.92 Å². The largest absolute Gasteiger partial charge is 0.316 e. The lowest BCUT2D eigenvalue weighted by Gasteiger charge is -2.29. The zero-order chi connectivity index (χ0) is 9.90. The highest BCUT2D eigenvalue weighted by Gasteiger charge is 2.24. The minimum absolute atomic E-state index is 0.0544. The zero-order valence-electron chi connectivity index (χ0n) is 8.00. The molecule has 0 aliphatic carbocycles. The lowest BCUT2D eigenvalue weighted by Crippen LogP contribution is -2.50. The predicted octanol–water partition coefficient (Wildman–Crippen LogP) is -0.962. The van der Waals surface area contributed by atoms with Crippen LogP contribution in [-0.4, -0.2) is 34.6 Å². The van der Waals surface area contributed by atoms with Gasteiger partial charge in [0, 0.05) is 13.1 Å². The lowest BCUT2D eigenvalue weighted by atomic mass is 9.97. The summed E-state index contributed by atoms with van der Waals surface area (Å²) in [5.41, 5.74) is 0. The minimum Gasteiger partial charge on any atom is -0.316 e. The Bertz CT molecular complexity index is 252. The third-order valence-corrected chi connectivity index (χ3v) is 3.51. The van der Waals surface area contributed by atoms with Crippen molar-refractivity contribution in [2.45, 2.75) is 19.4 Å². The Balaban J connectivity index is 2.52. The molecule has 0 aromatic carbocycles. The van der Waals surface area contributed by atoms with E-state index in [1.165, 1.54) is 7.05 Å². The number of nitrogens with one attached hydrogen (secondary N) is 3. The topological polar surface area (TPSA) is 70.2 Å². The number of hydrogen-bond acceptors (Lipinski definition) is 3. The molecule has 5 nitrogen and oxygen atoms in total. The molecule has 6 heteroatoms. The van der Waals surface area contributed by atoms with Crippen LogP contribution >= 0.6 is 0 Å². The van der Waals surface area contributed by atoms with Crippen molar-refractivity contribution in [2.75, 3.05) is 20.1 Å². The molecule has 0 aromatic rings. The van der Waals surface area contributed by atoms with Crippen LogP contribution in [0.4, 0.5) is 0 Å². The van der Waals surface area contributed by atoms with Crippen molar-refractivity contribution in [3.63, 3.8) is 0 Å². The normalized spacial score (nSPS) is 30.3. The van der Waals surface area contributed by atoms with Crippen LogP contribution in [0.1, 0.15) is 13.3 Å². The molecule has 1 saturated heterocycles. The second-order valence-corrected chi connectivity index (χ2v) is 5.05. The molecule has 2 unspecified atom stereocenters. The first kappa shape index (κ1) is 10.9. The highest BCUT2D eigenvalue weighted by atomic mass is 32.2. The van der Waals surface area contributed by atoms with E-state index >= 15 is 0 Å². The summed E-state index contributed by atoms with van der Waals surface area (Å²) >= 11 is 0. The molecule has 0 radical (unpaired) electrons. The Kier molecular flexibility index (Phi) is 3.66. The van der Waals surface area contributed by atoms with Crippen molar-refractivity contribution in [2.24, 2.45) is 5.92 Å². The summed E-state index contributed by atoms with van der Waals surface area (Å²) in [6.45, 7) is 3.78. The van der Waals surface area contributed by atoms with E-state index in [4.69, 9.17) is 0 Å². The van der Waals surface area contributed by atoms with E-state index in [0.717, 1.165) is 19.5 Å². The van der Waals surface area contributed by atoms with Crippen molar-refractivity contribution < 1.29 is 8.42 Å². The van der Waals surface area contributed by atoms with Gasteiger partial charge >= 0.3 is 0 Å². The molecular formula is C7H17N3O2S. The molecule has 3 N–H and O–H groups in total. The summed E-state index contributed by atoms with van der Waals surface area (Å²) in [6, 6.07) is 0.0544. The standard InChI is InChI=1S/C7H17N3O2S/c1-6-5-9-4-3-7(6)10-13(11,12)8-2/h6-10H,3-5H2,1-2H3. The Hall–Kier alpha value is -0.170. The molecule has 1 fully saturated rings. The lowest BCUT2D eigenvalue weighted by molar-refractivity contribution is 0.327. The molecule has 0 spiro atoms. The van der Waals surface area contributed by atoms with E-state index in [-0.39, 0.29) is 6.04 Å². The van der Waals surface area contributed by atoms with Crippen LogP contribution in [-0.2, 0) is 10.2 Å². The van der Waals surface area contributed by atoms with Gasteiger partial charge in [-0.3, -0.25) is 0 Å². The summed E-state index contributed by atoms with van der Waals surface area (Å²) < 4.78 is 27.2. The second kappa shape index (κ2) is 4.36. The van der Waals surface area contributed by atoms with Gasteiger partial charge < -0.3 is 5.32 Å². The third kappa shape index (κ3) is 3.22. The van der Waals surface area contributed by atoms with Crippen molar-refractivity contribution in [1.82, 2.24) is 14.8 Å². The smallest absolute Gasteiger partial charge is 0.276 e. The first-order chi connectivity index (χ1) is 6.05. The maximum absolute atomic E-state index is 11.2. The monoisotopic (exact) mass is 207 g/mol. The number of piperidine rings is 1. The Morgan fingerprint density at radius 3 is 2.69 bits per heavy atom. The van der Waals surface area contributed by atoms with E-state index in [1.807, 2.05) is 6.92 Å². The molecule has 0 bridgehead atoms. The van der Waals surface area contributed by atoms with Crippen LogP contribution in [0.2, 0.25) is 0 Å². The quantitative estimate of drug-likeness (QED) is 0.558. The molecule has 1 rings (SSSR count). The van der Waals surface area contributed by atoms with Gasteiger partial charge in [-0.05, 0) is 25.4 Å². The molecular weight excluding hydrogens is 190 g/mol. The Morgan fingerprint density at radius 2 is 2.15 bits per heavy atom. The van der Waals surface area contributed by atoms with Crippen LogP contribution < -0.4 is 14.8 Å². The van der Waals surface area contributed by atoms with Gasteiger partial charge in [-0.1, -0.05) is 6.92 Å². The highest BCUT2D eigenvalue weighted by molar-refractivity contribution is 7.87. The second-order valence-electron chi connectivity index (χ2n) is 3.40. The van der Waals surface area contributed by atoms with Gasteiger partial charge in [-0.25, -0.2) is 4.72 Å². The van der Waals surface area contributed by atoms with Gasteiger partial charge in [0.05, 0.1) is 0 Å². The van der Waals surface area contributed by atoms with Gasteiger partial charge in [-0.15, -0.1) is 0 Å². The van der Waals surface area contributed by atoms with Crippen molar-refractivity contribution in [3.8, 4) is 0 Å². The Morgan fingerprint density at radius 1 is 1.46 bits per heavy atom. The fourth-order valence-electron chi connectivity index (χ4n) is 1.45. The third-order valence-electron chi connectivity index (χ3n) is 2.36. The first-order valence-electron chi connectivity index (χ1n) is 4.46. The van der Waals surface area contributed by atoms with E-state index in [0.29, 0.717) is 5.92 Å². The van der Waals surface area contributed by atoms with Crippen LogP contribution in [0.5, 0.6) is 0 Å². The fraction of sp³-hybridized carbons (Fsp3) is 1.00. The molecule has 78 valence electrons. The van der Waals surface area contributed by atoms with Crippen LogP contribution in [0.15, 0.2) is 0 Å². The molecule has 0 aromatic heterocycles. The van der Waals surface area contributed by atoms with Gasteiger partial charge in [0.25, 0.3) is 10.2 Å². The summed E-state index contributed by atoms with van der Waals surface area (Å²) in [6.07, 6.45) is 0.849. The van der Waals surface area contributed by atoms with Gasteiger partial charge in [0.2, 0.25) is 0 Å². The Labute approximate surface area is 79.5 Å². The minimum atomic E-state index is -3.28. The highest BCUT2D eigenvalue weighted by Crippen LogP contribution is 2.10. The molecule has 0 saturated carbocycles. The summed E-state index contributed by atoms with van der Waals surface area (Å²) in [7, 11) is -1.87. The number of rotatable bonds is 3. The predicted molar refractivity (Wildman–Crippen MR) is 51.6 cm³/mol. The molecule has 13 heavy (non-hydrogen) atoms. The molecule has 1 aliphatic heterocycles. The molecule has 1 aliphatic rings. The average Bonchev–Trinajstić information content (AvgIpc) is 2.09. The summed E-state index contributed by atoms with van der Waals surface area (Å²) in [5.74, 6) is 0.344. The van der Waals surface area contributed by atoms with E-state index in [1.54, 1.807) is 0 Å². The van der Waals surface area contributed by atoms with Crippen molar-refractivity contribution >= 4 is 10.2 Å². The average molecular weight is 207 g/mol. The van der Waals surface area contributed by atoms with Crippen molar-refractivity contribution in [3.05, 3.63) is 0 Å². The zero-order valence-corrected chi connectivity index (χ0v) is 8.82. The van der Waals surface area contributed by atoms with E-state index < -0.39 is 10.2 Å². The SMILES string of the molecule is CNS(=O)(=O)NC1CCNCC1C. The molecule has 1 heterocycles. The van der Waals surface area contributed by atoms with E-state index in [2.05, 4.69) is 14.8 Å². The van der Waals surface area contributed by atoms with Gasteiger partial charge in [0.1, 0.15) is 0 Å². The molecule has 0 amide bonds. The molecule has 2 atom stereocenters. The van der Waals surface area contributed by atoms with Crippen LogP contribution in [0.25, 0.3) is 0 Å². The number of hydrogen-bond donors (Lipinski definition) is 3. The van der Waals surface area contributed by atoms with Gasteiger partial charge in [0.15, 0.2) is 0 Å². The maximum Gasteiger partial charge on any atom is 0.276 e. The maximum atomic E-state index is 11.2. The van der Waals surface area contributed by atoms with Crippen LogP contribution in [0.3, 0.4) is 0 Å². The summed E-state index contributed by atoms with van der Waals surface area (Å²) in [4.78, 5) is 0. The van der Waals surface area contributed by atoms with Crippen molar-refractivity contribution in [1.29, 1.82) is 0 Å². The summed E-state index contributed by atoms with van der Waals surface area (Å²) in [5, 5.41) is 3.21. The van der Waals surface area contributed by atoms with E-state index in [9.17, 15) is 8.42 Å².